The third-order valence-corrected chi connectivity index (χ3v) is 4.87. The van der Waals surface area contributed by atoms with Crippen molar-refractivity contribution in [3.63, 3.8) is 0 Å². The predicted octanol–water partition coefficient (Wildman–Crippen LogP) is 2.80. The highest BCUT2D eigenvalue weighted by molar-refractivity contribution is 6.51. The number of hydrogen-bond acceptors (Lipinski definition) is 6. The van der Waals surface area contributed by atoms with E-state index in [0.29, 0.717) is 5.56 Å². The number of carboxylic acids is 1. The monoisotopic (exact) mass is 436 g/mol. The van der Waals surface area contributed by atoms with Gasteiger partial charge in [0.1, 0.15) is 11.4 Å². The lowest BCUT2D eigenvalue weighted by Crippen LogP contribution is -2.38. The average Bonchev–Trinajstić information content (AvgIpc) is 2.76. The molecule has 0 aliphatic carbocycles. The Hall–Kier alpha value is -3.94. The van der Waals surface area contributed by atoms with E-state index in [1.54, 1.807) is 6.92 Å². The van der Waals surface area contributed by atoms with Crippen LogP contribution in [0.25, 0.3) is 0 Å². The van der Waals surface area contributed by atoms with Crippen LogP contribution >= 0.6 is 0 Å². The number of aliphatic imine (C=N–C) groups is 1. The van der Waals surface area contributed by atoms with Crippen LogP contribution in [-0.2, 0) is 10.2 Å². The van der Waals surface area contributed by atoms with Gasteiger partial charge in [-0.1, -0.05) is 45.0 Å². The van der Waals surface area contributed by atoms with Gasteiger partial charge in [0.15, 0.2) is 0 Å². The largest absolute Gasteiger partial charge is 0.478 e. The highest BCUT2D eigenvalue weighted by atomic mass is 16.4. The van der Waals surface area contributed by atoms with Gasteiger partial charge in [-0.3, -0.25) is 20.0 Å². The maximum absolute atomic E-state index is 12.9. The lowest BCUT2D eigenvalue weighted by Gasteiger charge is -2.19. The van der Waals surface area contributed by atoms with Crippen LogP contribution < -0.4 is 16.6 Å². The number of nitrogens with one attached hydrogen (secondary N) is 2. The first kappa shape index (κ1) is 24.3. The number of carbonyl (C=O) groups excluding carboxylic acids is 2. The van der Waals surface area contributed by atoms with Gasteiger partial charge in [-0.2, -0.15) is 0 Å². The number of aromatic carboxylic acids is 1. The van der Waals surface area contributed by atoms with Crippen LogP contribution in [0.3, 0.4) is 0 Å². The number of amides is 1. The third kappa shape index (κ3) is 5.81. The molecule has 0 saturated heterocycles. The molecule has 0 saturated carbocycles. The Labute approximate surface area is 187 Å². The summed E-state index contributed by atoms with van der Waals surface area (Å²) in [6.45, 7) is 7.86. The number of benzene rings is 2. The van der Waals surface area contributed by atoms with Crippen molar-refractivity contribution in [2.24, 2.45) is 10.7 Å². The topological polar surface area (TPSA) is 134 Å². The quantitative estimate of drug-likeness (QED) is 0.300. The number of nitrogens with two attached hydrogens (primary N) is 1. The molecule has 2 aromatic rings. The summed E-state index contributed by atoms with van der Waals surface area (Å²) in [6, 6.07) is 13.0. The van der Waals surface area contributed by atoms with E-state index in [1.165, 1.54) is 31.3 Å². The molecule has 2 rings (SSSR count). The summed E-state index contributed by atoms with van der Waals surface area (Å²) in [5.41, 5.74) is 13.5. The molecule has 0 atom stereocenters. The third-order valence-electron chi connectivity index (χ3n) is 4.87. The van der Waals surface area contributed by atoms with Crippen molar-refractivity contribution in [3.8, 4) is 0 Å². The highest BCUT2D eigenvalue weighted by Gasteiger charge is 2.20. The molecule has 0 aromatic heterocycles. The zero-order valence-corrected chi connectivity index (χ0v) is 18.8. The zero-order valence-electron chi connectivity index (χ0n) is 18.8. The van der Waals surface area contributed by atoms with Gasteiger partial charge in [0.25, 0.3) is 5.91 Å². The molecule has 0 unspecified atom stereocenters. The van der Waals surface area contributed by atoms with Crippen LogP contribution in [0, 0.1) is 0 Å². The minimum absolute atomic E-state index is 0.0162. The first-order chi connectivity index (χ1) is 15.0. The summed E-state index contributed by atoms with van der Waals surface area (Å²) in [5.74, 6) is -2.06. The molecular weight excluding hydrogens is 408 g/mol. The molecule has 0 aliphatic rings. The maximum Gasteiger partial charge on any atom is 0.335 e. The number of allylic oxidation sites excluding steroid dienone is 2. The first-order valence-electron chi connectivity index (χ1n) is 9.94. The van der Waals surface area contributed by atoms with Gasteiger partial charge < -0.3 is 16.3 Å². The van der Waals surface area contributed by atoms with E-state index in [4.69, 9.17) is 10.8 Å². The number of hydrazine groups is 1. The second-order valence-corrected chi connectivity index (χ2v) is 8.23. The SMILES string of the molecule is CN=C(C(=O)C(N)=C(C)NNC(=O)c1ccc(C(=O)O)cc1)c1ccc(C(C)(C)C)cc1. The van der Waals surface area contributed by atoms with Gasteiger partial charge >= 0.3 is 5.97 Å². The van der Waals surface area contributed by atoms with E-state index >= 15 is 0 Å². The van der Waals surface area contributed by atoms with Crippen LogP contribution in [0.2, 0.25) is 0 Å². The molecule has 0 spiro atoms. The molecule has 0 aliphatic heterocycles. The van der Waals surface area contributed by atoms with Crippen molar-refractivity contribution < 1.29 is 19.5 Å². The number of carbonyl (C=O) groups is 3. The second kappa shape index (κ2) is 9.91. The van der Waals surface area contributed by atoms with E-state index < -0.39 is 17.7 Å². The van der Waals surface area contributed by atoms with Crippen LogP contribution in [0.4, 0.5) is 0 Å². The van der Waals surface area contributed by atoms with Gasteiger partial charge in [-0.15, -0.1) is 0 Å². The Kier molecular flexibility index (Phi) is 7.54. The molecular formula is C24H28N4O4. The standard InChI is InChI=1S/C24H28N4O4/c1-14(27-28-22(30)16-6-8-17(9-7-16)23(31)32)19(25)21(29)20(26-5)15-10-12-18(13-11-15)24(2,3)4/h6-13,27H,25H2,1-5H3,(H,28,30)(H,31,32). The van der Waals surface area contributed by atoms with Crippen molar-refractivity contribution >= 4 is 23.4 Å². The summed E-state index contributed by atoms with van der Waals surface area (Å²) in [6.07, 6.45) is 0. The molecule has 32 heavy (non-hydrogen) atoms. The first-order valence-corrected chi connectivity index (χ1v) is 9.94. The van der Waals surface area contributed by atoms with Gasteiger partial charge in [0, 0.05) is 18.2 Å². The molecule has 0 heterocycles. The maximum atomic E-state index is 12.9. The molecule has 1 amide bonds. The van der Waals surface area contributed by atoms with E-state index in [9.17, 15) is 14.4 Å². The fraction of sp³-hybridized carbons (Fsp3) is 0.250. The van der Waals surface area contributed by atoms with E-state index in [2.05, 4.69) is 36.6 Å². The minimum Gasteiger partial charge on any atom is -0.478 e. The smallest absolute Gasteiger partial charge is 0.335 e. The summed E-state index contributed by atoms with van der Waals surface area (Å²) < 4.78 is 0. The number of hydrogen-bond donors (Lipinski definition) is 4. The van der Waals surface area contributed by atoms with Crippen molar-refractivity contribution in [1.29, 1.82) is 0 Å². The lowest BCUT2D eigenvalue weighted by molar-refractivity contribution is -0.109. The lowest BCUT2D eigenvalue weighted by atomic mass is 9.86. The Morgan fingerprint density at radius 3 is 1.84 bits per heavy atom. The van der Waals surface area contributed by atoms with E-state index in [0.717, 1.165) is 5.56 Å². The van der Waals surface area contributed by atoms with Crippen LogP contribution in [0.1, 0.15) is 59.5 Å². The van der Waals surface area contributed by atoms with Gasteiger partial charge in [-0.25, -0.2) is 4.79 Å². The Balaban J connectivity index is 2.12. The molecule has 8 heteroatoms. The number of nitrogens with zero attached hydrogens (tertiary/aromatic N) is 1. The number of carboxylic acid groups (broad SMARTS) is 1. The molecule has 0 radical (unpaired) electrons. The van der Waals surface area contributed by atoms with Crippen molar-refractivity contribution in [2.75, 3.05) is 7.05 Å². The Morgan fingerprint density at radius 2 is 1.38 bits per heavy atom. The molecule has 8 nitrogen and oxygen atoms in total. The van der Waals surface area contributed by atoms with Crippen LogP contribution in [-0.4, -0.2) is 35.5 Å². The van der Waals surface area contributed by atoms with Crippen molar-refractivity contribution in [3.05, 3.63) is 82.2 Å². The predicted molar refractivity (Wildman–Crippen MR) is 124 cm³/mol. The zero-order chi connectivity index (χ0) is 24.1. The van der Waals surface area contributed by atoms with Crippen LogP contribution in [0.5, 0.6) is 0 Å². The molecule has 168 valence electrons. The second-order valence-electron chi connectivity index (χ2n) is 8.23. The van der Waals surface area contributed by atoms with Gasteiger partial charge in [0.05, 0.1) is 11.3 Å². The van der Waals surface area contributed by atoms with Crippen molar-refractivity contribution in [2.45, 2.75) is 33.1 Å². The summed E-state index contributed by atoms with van der Waals surface area (Å²) in [5, 5.41) is 8.93. The molecule has 2 aromatic carbocycles. The summed E-state index contributed by atoms with van der Waals surface area (Å²) in [7, 11) is 1.52. The highest BCUT2D eigenvalue weighted by Crippen LogP contribution is 2.22. The summed E-state index contributed by atoms with van der Waals surface area (Å²) in [4.78, 5) is 40.2. The number of ketones is 1. The minimum atomic E-state index is -1.08. The molecule has 5 N–H and O–H groups in total. The Morgan fingerprint density at radius 1 is 0.875 bits per heavy atom. The molecule has 0 fully saturated rings. The average molecular weight is 437 g/mol. The fourth-order valence-corrected chi connectivity index (χ4v) is 2.84. The fourth-order valence-electron chi connectivity index (χ4n) is 2.84. The van der Waals surface area contributed by atoms with E-state index in [1.807, 2.05) is 24.3 Å². The Bertz CT molecular complexity index is 1080. The van der Waals surface area contributed by atoms with Crippen LogP contribution in [0.15, 0.2) is 64.9 Å². The van der Waals surface area contributed by atoms with Gasteiger partial charge in [-0.05, 0) is 42.2 Å². The normalized spacial score (nSPS) is 12.6. The van der Waals surface area contributed by atoms with E-state index in [-0.39, 0.29) is 33.6 Å². The molecule has 0 bridgehead atoms. The van der Waals surface area contributed by atoms with Crippen molar-refractivity contribution in [1.82, 2.24) is 10.9 Å². The number of rotatable bonds is 7. The number of Topliss-reactive ketones (excluding diaryl/α,β-unsaturated/α-hetero) is 1. The van der Waals surface area contributed by atoms with Gasteiger partial charge in [0.2, 0.25) is 5.78 Å². The summed E-state index contributed by atoms with van der Waals surface area (Å²) >= 11 is 0.